The molecule has 2 rings (SSSR count). The van der Waals surface area contributed by atoms with E-state index in [4.69, 9.17) is 10.00 Å². The molecule has 0 spiro atoms. The number of rotatable bonds is 6. The van der Waals surface area contributed by atoms with E-state index in [1.54, 1.807) is 0 Å². The predicted octanol–water partition coefficient (Wildman–Crippen LogP) is 1.40. The van der Waals surface area contributed by atoms with Crippen molar-refractivity contribution in [1.29, 1.82) is 5.26 Å². The summed E-state index contributed by atoms with van der Waals surface area (Å²) in [4.78, 5) is 23.5. The molecule has 0 aliphatic carbocycles. The first-order valence-corrected chi connectivity index (χ1v) is 8.95. The Balaban J connectivity index is 2.03. The van der Waals surface area contributed by atoms with Gasteiger partial charge in [0.25, 0.3) is 5.91 Å². The molecule has 0 saturated heterocycles. The summed E-state index contributed by atoms with van der Waals surface area (Å²) < 4.78 is 44.0. The lowest BCUT2D eigenvalue weighted by atomic mass is 10.2. The maximum Gasteiger partial charge on any atom is 0.341 e. The normalized spacial score (nSPS) is 10.7. The molecule has 1 amide bonds. The summed E-state index contributed by atoms with van der Waals surface area (Å²) in [6, 6.07) is 10.5. The van der Waals surface area contributed by atoms with Gasteiger partial charge < -0.3 is 10.1 Å². The number of benzene rings is 2. The van der Waals surface area contributed by atoms with E-state index < -0.39 is 39.9 Å². The van der Waals surface area contributed by atoms with Gasteiger partial charge in [-0.3, -0.25) is 4.79 Å². The third-order valence-electron chi connectivity index (χ3n) is 3.37. The second-order valence-electron chi connectivity index (χ2n) is 5.16. The molecule has 0 atom stereocenters. The van der Waals surface area contributed by atoms with Crippen molar-refractivity contribution >= 4 is 27.6 Å². The lowest BCUT2D eigenvalue weighted by Crippen LogP contribution is -2.22. The van der Waals surface area contributed by atoms with Crippen LogP contribution in [0, 0.1) is 17.1 Å². The van der Waals surface area contributed by atoms with Crippen LogP contribution in [0.4, 0.5) is 10.1 Å². The Morgan fingerprint density at radius 1 is 1.19 bits per heavy atom. The van der Waals surface area contributed by atoms with Crippen molar-refractivity contribution in [2.24, 2.45) is 0 Å². The van der Waals surface area contributed by atoms with Crippen LogP contribution >= 0.6 is 0 Å². The number of nitrogens with zero attached hydrogens (tertiary/aromatic N) is 1. The average Bonchev–Trinajstić information content (AvgIpc) is 2.67. The summed E-state index contributed by atoms with van der Waals surface area (Å²) in [5.41, 5.74) is 0.173. The van der Waals surface area contributed by atoms with E-state index in [9.17, 15) is 22.4 Å². The number of carbonyl (C=O) groups is 2. The highest BCUT2D eigenvalue weighted by Gasteiger charge is 2.20. The van der Waals surface area contributed by atoms with Crippen molar-refractivity contribution in [2.45, 2.75) is 4.90 Å². The summed E-state index contributed by atoms with van der Waals surface area (Å²) in [6.45, 7) is -0.707. The highest BCUT2D eigenvalue weighted by molar-refractivity contribution is 7.89. The Bertz CT molecular complexity index is 1010. The first-order valence-electron chi connectivity index (χ1n) is 7.47. The Morgan fingerprint density at radius 3 is 2.44 bits per heavy atom. The smallest absolute Gasteiger partial charge is 0.341 e. The van der Waals surface area contributed by atoms with Gasteiger partial charge in [-0.2, -0.15) is 5.26 Å². The highest BCUT2D eigenvalue weighted by atomic mass is 32.2. The molecule has 27 heavy (non-hydrogen) atoms. The number of esters is 1. The summed E-state index contributed by atoms with van der Waals surface area (Å²) >= 11 is 0. The van der Waals surface area contributed by atoms with Gasteiger partial charge in [0.05, 0.1) is 22.1 Å². The van der Waals surface area contributed by atoms with Gasteiger partial charge >= 0.3 is 5.97 Å². The summed E-state index contributed by atoms with van der Waals surface area (Å²) in [5.74, 6) is -2.86. The fourth-order valence-corrected chi connectivity index (χ4v) is 2.74. The van der Waals surface area contributed by atoms with E-state index >= 15 is 0 Å². The van der Waals surface area contributed by atoms with Crippen LogP contribution in [0.15, 0.2) is 47.4 Å². The third kappa shape index (κ3) is 5.10. The molecule has 10 heteroatoms. The van der Waals surface area contributed by atoms with E-state index in [0.717, 1.165) is 18.2 Å². The lowest BCUT2D eigenvalue weighted by molar-refractivity contribution is -0.119. The Kier molecular flexibility index (Phi) is 6.23. The molecule has 0 saturated carbocycles. The third-order valence-corrected chi connectivity index (χ3v) is 4.78. The Hall–Kier alpha value is -3.29. The van der Waals surface area contributed by atoms with Crippen molar-refractivity contribution < 1.29 is 27.1 Å². The van der Waals surface area contributed by atoms with Gasteiger partial charge in [0.1, 0.15) is 5.82 Å². The number of halogens is 1. The van der Waals surface area contributed by atoms with E-state index in [-0.39, 0.29) is 4.90 Å². The molecular formula is C17H14FN3O5S. The summed E-state index contributed by atoms with van der Waals surface area (Å²) in [6.07, 6.45) is 0. The number of carbonyl (C=O) groups excluding carboxylic acids is 2. The SMILES string of the molecule is CNS(=O)(=O)c1ccc(F)c(C(=O)OCC(=O)Nc2ccc(C#N)cc2)c1. The van der Waals surface area contributed by atoms with E-state index in [2.05, 4.69) is 5.32 Å². The second-order valence-corrected chi connectivity index (χ2v) is 7.05. The minimum absolute atomic E-state index is 0.319. The fraction of sp³-hybridized carbons (Fsp3) is 0.118. The number of anilines is 1. The van der Waals surface area contributed by atoms with Crippen LogP contribution in [0.5, 0.6) is 0 Å². The van der Waals surface area contributed by atoms with Crippen molar-refractivity contribution in [3.05, 3.63) is 59.4 Å². The Labute approximate surface area is 154 Å². The number of ether oxygens (including phenoxy) is 1. The van der Waals surface area contributed by atoms with Crippen LogP contribution in [0.1, 0.15) is 15.9 Å². The fourth-order valence-electron chi connectivity index (χ4n) is 1.98. The molecule has 0 heterocycles. The van der Waals surface area contributed by atoms with Gasteiger partial charge in [-0.25, -0.2) is 22.3 Å². The van der Waals surface area contributed by atoms with Crippen LogP contribution in [-0.2, 0) is 19.6 Å². The van der Waals surface area contributed by atoms with Crippen LogP contribution in [0.2, 0.25) is 0 Å². The number of nitriles is 1. The largest absolute Gasteiger partial charge is 0.452 e. The standard InChI is InChI=1S/C17H14FN3O5S/c1-20-27(24,25)13-6-7-15(18)14(8-13)17(23)26-10-16(22)21-12-4-2-11(9-19)3-5-12/h2-8,20H,10H2,1H3,(H,21,22). The molecule has 0 aliphatic heterocycles. The van der Waals surface area contributed by atoms with E-state index in [0.29, 0.717) is 11.3 Å². The van der Waals surface area contributed by atoms with Gasteiger partial charge in [0.2, 0.25) is 10.0 Å². The van der Waals surface area contributed by atoms with Crippen LogP contribution < -0.4 is 10.0 Å². The minimum atomic E-state index is -3.88. The van der Waals surface area contributed by atoms with Crippen molar-refractivity contribution in [3.8, 4) is 6.07 Å². The van der Waals surface area contributed by atoms with Crippen LogP contribution in [-0.4, -0.2) is 33.9 Å². The van der Waals surface area contributed by atoms with Gasteiger partial charge in [-0.15, -0.1) is 0 Å². The molecule has 0 fully saturated rings. The van der Waals surface area contributed by atoms with Crippen LogP contribution in [0.25, 0.3) is 0 Å². The van der Waals surface area contributed by atoms with Gasteiger partial charge in [0.15, 0.2) is 6.61 Å². The molecule has 0 radical (unpaired) electrons. The molecule has 2 aromatic carbocycles. The molecule has 0 aliphatic rings. The zero-order chi connectivity index (χ0) is 20.0. The molecule has 0 unspecified atom stereocenters. The first-order chi connectivity index (χ1) is 12.8. The molecule has 8 nitrogen and oxygen atoms in total. The molecule has 0 bridgehead atoms. The number of amides is 1. The molecular weight excluding hydrogens is 377 g/mol. The molecule has 2 aromatic rings. The van der Waals surface area contributed by atoms with Gasteiger partial charge in [-0.1, -0.05) is 0 Å². The minimum Gasteiger partial charge on any atom is -0.452 e. The van der Waals surface area contributed by atoms with Crippen molar-refractivity contribution in [1.82, 2.24) is 4.72 Å². The van der Waals surface area contributed by atoms with E-state index in [1.807, 2.05) is 10.8 Å². The molecule has 0 aromatic heterocycles. The number of hydrogen-bond donors (Lipinski definition) is 2. The van der Waals surface area contributed by atoms with Crippen LogP contribution in [0.3, 0.4) is 0 Å². The van der Waals surface area contributed by atoms with E-state index in [1.165, 1.54) is 31.3 Å². The maximum atomic E-state index is 13.8. The number of sulfonamides is 1. The number of hydrogen-bond acceptors (Lipinski definition) is 6. The highest BCUT2D eigenvalue weighted by Crippen LogP contribution is 2.16. The molecule has 2 N–H and O–H groups in total. The zero-order valence-corrected chi connectivity index (χ0v) is 14.8. The van der Waals surface area contributed by atoms with Crippen molar-refractivity contribution in [3.63, 3.8) is 0 Å². The van der Waals surface area contributed by atoms with Crippen molar-refractivity contribution in [2.75, 3.05) is 19.0 Å². The molecule has 140 valence electrons. The monoisotopic (exact) mass is 391 g/mol. The van der Waals surface area contributed by atoms with Gasteiger partial charge in [0, 0.05) is 5.69 Å². The zero-order valence-electron chi connectivity index (χ0n) is 14.0. The average molecular weight is 391 g/mol. The maximum absolute atomic E-state index is 13.8. The number of nitrogens with one attached hydrogen (secondary N) is 2. The summed E-state index contributed by atoms with van der Waals surface area (Å²) in [5, 5.41) is 11.1. The summed E-state index contributed by atoms with van der Waals surface area (Å²) in [7, 11) is -2.70. The Morgan fingerprint density at radius 2 is 1.85 bits per heavy atom. The quantitative estimate of drug-likeness (QED) is 0.717. The topological polar surface area (TPSA) is 125 Å². The lowest BCUT2D eigenvalue weighted by Gasteiger charge is -2.09. The first kappa shape index (κ1) is 20.0. The van der Waals surface area contributed by atoms with Gasteiger partial charge in [-0.05, 0) is 49.5 Å². The predicted molar refractivity (Wildman–Crippen MR) is 92.7 cm³/mol. The second kappa shape index (κ2) is 8.39.